The van der Waals surface area contributed by atoms with Gasteiger partial charge in [0.05, 0.1) is 16.8 Å². The van der Waals surface area contributed by atoms with Crippen LogP contribution in [-0.4, -0.2) is 14.1 Å². The maximum atomic E-state index is 12.4. The van der Waals surface area contributed by atoms with Crippen LogP contribution < -0.4 is 5.32 Å². The second-order valence-corrected chi connectivity index (χ2v) is 6.15. The molecule has 1 amide bonds. The van der Waals surface area contributed by atoms with E-state index in [2.05, 4.69) is 5.32 Å². The molecule has 2 heterocycles. The van der Waals surface area contributed by atoms with E-state index < -0.39 is 11.0 Å². The number of hydrogen-bond donors (Lipinski definition) is 1. The number of amides is 1. The molecular formula is C16H14N2O3S. The number of furan rings is 1. The molecule has 1 aromatic carbocycles. The highest BCUT2D eigenvalue weighted by molar-refractivity contribution is 7.83. The summed E-state index contributed by atoms with van der Waals surface area (Å²) in [5.74, 6) is -0.115. The van der Waals surface area contributed by atoms with Crippen LogP contribution in [0.1, 0.15) is 16.1 Å². The van der Waals surface area contributed by atoms with E-state index in [1.807, 2.05) is 31.2 Å². The molecule has 0 aliphatic rings. The standard InChI is InChI=1S/C16H14N2O3S/c1-12-4-6-14(7-5-12)22(20)18-9-8-13(11-18)17-16(19)15-3-2-10-21-15/h2-11H,1H3,(H,17,19). The summed E-state index contributed by atoms with van der Waals surface area (Å²) < 4.78 is 19.0. The lowest BCUT2D eigenvalue weighted by Crippen LogP contribution is -2.10. The van der Waals surface area contributed by atoms with E-state index in [9.17, 15) is 9.00 Å². The molecule has 3 rings (SSSR count). The first-order valence-electron chi connectivity index (χ1n) is 6.65. The number of rotatable bonds is 4. The summed E-state index contributed by atoms with van der Waals surface area (Å²) in [6, 6.07) is 12.4. The number of nitrogens with one attached hydrogen (secondary N) is 1. The molecule has 0 spiro atoms. The molecule has 1 atom stereocenters. The van der Waals surface area contributed by atoms with Crippen molar-refractivity contribution in [3.63, 3.8) is 0 Å². The Bertz CT molecular complexity index is 804. The Morgan fingerprint density at radius 3 is 2.64 bits per heavy atom. The molecule has 1 N–H and O–H groups in total. The van der Waals surface area contributed by atoms with Crippen LogP contribution in [0.2, 0.25) is 0 Å². The largest absolute Gasteiger partial charge is 0.459 e. The van der Waals surface area contributed by atoms with Gasteiger partial charge in [-0.25, -0.2) is 4.21 Å². The second kappa shape index (κ2) is 6.03. The lowest BCUT2D eigenvalue weighted by Gasteiger charge is -2.03. The van der Waals surface area contributed by atoms with Gasteiger partial charge >= 0.3 is 0 Å². The Kier molecular flexibility index (Phi) is 3.93. The van der Waals surface area contributed by atoms with Gasteiger partial charge in [0.15, 0.2) is 16.7 Å². The summed E-state index contributed by atoms with van der Waals surface area (Å²) in [5, 5.41) is 2.69. The number of anilines is 1. The molecule has 22 heavy (non-hydrogen) atoms. The van der Waals surface area contributed by atoms with E-state index in [1.165, 1.54) is 6.26 Å². The highest BCUT2D eigenvalue weighted by Crippen LogP contribution is 2.15. The maximum Gasteiger partial charge on any atom is 0.291 e. The SMILES string of the molecule is Cc1ccc(S(=O)n2ccc(NC(=O)c3ccco3)c2)cc1. The van der Waals surface area contributed by atoms with Crippen molar-refractivity contribution in [2.45, 2.75) is 11.8 Å². The van der Waals surface area contributed by atoms with Crippen LogP contribution in [-0.2, 0) is 11.0 Å². The van der Waals surface area contributed by atoms with Gasteiger partial charge in [0.1, 0.15) is 0 Å². The summed E-state index contributed by atoms with van der Waals surface area (Å²) in [6.07, 6.45) is 4.72. The van der Waals surface area contributed by atoms with Crippen LogP contribution in [0.4, 0.5) is 5.69 Å². The Morgan fingerprint density at radius 2 is 1.95 bits per heavy atom. The van der Waals surface area contributed by atoms with Crippen molar-refractivity contribution in [3.8, 4) is 0 Å². The molecule has 5 nitrogen and oxygen atoms in total. The molecule has 0 saturated carbocycles. The molecule has 112 valence electrons. The number of carbonyl (C=O) groups excluding carboxylic acids is 1. The minimum Gasteiger partial charge on any atom is -0.459 e. The van der Waals surface area contributed by atoms with Gasteiger partial charge in [-0.05, 0) is 37.3 Å². The lowest BCUT2D eigenvalue weighted by atomic mass is 10.2. The summed E-state index contributed by atoms with van der Waals surface area (Å²) in [4.78, 5) is 12.6. The average Bonchev–Trinajstić information content (AvgIpc) is 3.19. The van der Waals surface area contributed by atoms with E-state index >= 15 is 0 Å². The van der Waals surface area contributed by atoms with Crippen molar-refractivity contribution in [2.75, 3.05) is 5.32 Å². The van der Waals surface area contributed by atoms with Gasteiger partial charge in [-0.1, -0.05) is 17.7 Å². The highest BCUT2D eigenvalue weighted by atomic mass is 32.2. The maximum absolute atomic E-state index is 12.4. The van der Waals surface area contributed by atoms with Crippen LogP contribution in [0.15, 0.2) is 70.4 Å². The predicted octanol–water partition coefficient (Wildman–Crippen LogP) is 3.21. The Labute approximate surface area is 130 Å². The van der Waals surface area contributed by atoms with Crippen molar-refractivity contribution in [2.24, 2.45) is 0 Å². The third-order valence-corrected chi connectivity index (χ3v) is 4.37. The molecule has 2 aromatic heterocycles. The molecule has 6 heteroatoms. The number of carbonyl (C=O) groups is 1. The molecule has 0 radical (unpaired) electrons. The van der Waals surface area contributed by atoms with Crippen LogP contribution in [0.5, 0.6) is 0 Å². The van der Waals surface area contributed by atoms with Crippen LogP contribution >= 0.6 is 0 Å². The fourth-order valence-electron chi connectivity index (χ4n) is 1.93. The number of aryl methyl sites for hydroxylation is 1. The van der Waals surface area contributed by atoms with Crippen molar-refractivity contribution >= 4 is 22.6 Å². The van der Waals surface area contributed by atoms with Crippen LogP contribution in [0.25, 0.3) is 0 Å². The zero-order chi connectivity index (χ0) is 15.5. The predicted molar refractivity (Wildman–Crippen MR) is 84.1 cm³/mol. The third kappa shape index (κ3) is 3.01. The quantitative estimate of drug-likeness (QED) is 0.804. The zero-order valence-electron chi connectivity index (χ0n) is 11.9. The van der Waals surface area contributed by atoms with Crippen molar-refractivity contribution < 1.29 is 13.4 Å². The highest BCUT2D eigenvalue weighted by Gasteiger charge is 2.11. The fraction of sp³-hybridized carbons (Fsp3) is 0.0625. The van der Waals surface area contributed by atoms with Crippen LogP contribution in [0.3, 0.4) is 0 Å². The van der Waals surface area contributed by atoms with Crippen molar-refractivity contribution in [1.82, 2.24) is 3.97 Å². The summed E-state index contributed by atoms with van der Waals surface area (Å²) in [5.41, 5.74) is 1.67. The number of aromatic nitrogens is 1. The summed E-state index contributed by atoms with van der Waals surface area (Å²) in [6.45, 7) is 1.98. The van der Waals surface area contributed by atoms with Crippen molar-refractivity contribution in [3.05, 3.63) is 72.4 Å². The first-order valence-corrected chi connectivity index (χ1v) is 7.76. The Morgan fingerprint density at radius 1 is 1.18 bits per heavy atom. The molecular weight excluding hydrogens is 300 g/mol. The first-order chi connectivity index (χ1) is 10.6. The number of benzene rings is 1. The monoisotopic (exact) mass is 314 g/mol. The topological polar surface area (TPSA) is 64.2 Å². The molecule has 0 aliphatic heterocycles. The first kappa shape index (κ1) is 14.3. The van der Waals surface area contributed by atoms with Gasteiger partial charge in [-0.15, -0.1) is 0 Å². The fourth-order valence-corrected chi connectivity index (χ4v) is 2.92. The van der Waals surface area contributed by atoms with Gasteiger partial charge in [-0.3, -0.25) is 8.77 Å². The molecule has 0 bridgehead atoms. The van der Waals surface area contributed by atoms with Crippen LogP contribution in [0, 0.1) is 6.92 Å². The summed E-state index contributed by atoms with van der Waals surface area (Å²) >= 11 is 0. The molecule has 1 unspecified atom stereocenters. The zero-order valence-corrected chi connectivity index (χ0v) is 12.7. The second-order valence-electron chi connectivity index (χ2n) is 4.75. The third-order valence-electron chi connectivity index (χ3n) is 3.08. The minimum atomic E-state index is -1.34. The van der Waals surface area contributed by atoms with Gasteiger partial charge < -0.3 is 9.73 Å². The summed E-state index contributed by atoms with van der Waals surface area (Å²) in [7, 11) is -1.34. The van der Waals surface area contributed by atoms with E-state index in [-0.39, 0.29) is 11.7 Å². The Balaban J connectivity index is 1.74. The van der Waals surface area contributed by atoms with Gasteiger partial charge in [0, 0.05) is 12.4 Å². The lowest BCUT2D eigenvalue weighted by molar-refractivity contribution is 0.0996. The van der Waals surface area contributed by atoms with E-state index in [0.29, 0.717) is 10.6 Å². The average molecular weight is 314 g/mol. The normalized spacial score (nSPS) is 12.0. The molecule has 3 aromatic rings. The van der Waals surface area contributed by atoms with Crippen molar-refractivity contribution in [1.29, 1.82) is 0 Å². The molecule has 0 aliphatic carbocycles. The minimum absolute atomic E-state index is 0.229. The molecule has 0 fully saturated rings. The number of nitrogens with zero attached hydrogens (tertiary/aromatic N) is 1. The Hall–Kier alpha value is -2.60. The molecule has 0 saturated heterocycles. The smallest absolute Gasteiger partial charge is 0.291 e. The number of hydrogen-bond acceptors (Lipinski definition) is 3. The van der Waals surface area contributed by atoms with Gasteiger partial charge in [0.25, 0.3) is 5.91 Å². The van der Waals surface area contributed by atoms with E-state index in [0.717, 1.165) is 5.56 Å². The van der Waals surface area contributed by atoms with Gasteiger partial charge in [-0.2, -0.15) is 0 Å². The van der Waals surface area contributed by atoms with E-state index in [4.69, 9.17) is 4.42 Å². The van der Waals surface area contributed by atoms with Gasteiger partial charge in [0.2, 0.25) is 0 Å². The van der Waals surface area contributed by atoms with E-state index in [1.54, 1.807) is 34.6 Å².